The van der Waals surface area contributed by atoms with Crippen LogP contribution in [-0.2, 0) is 4.79 Å². The summed E-state index contributed by atoms with van der Waals surface area (Å²) in [5.74, 6) is 0.997. The van der Waals surface area contributed by atoms with Crippen LogP contribution in [0.5, 0.6) is 5.75 Å². The number of hydrogen-bond acceptors (Lipinski definition) is 3. The van der Waals surface area contributed by atoms with E-state index in [0.717, 1.165) is 6.42 Å². The highest BCUT2D eigenvalue weighted by Gasteiger charge is 2.22. The van der Waals surface area contributed by atoms with Gasteiger partial charge >= 0.3 is 0 Å². The van der Waals surface area contributed by atoms with E-state index in [1.54, 1.807) is 24.3 Å². The number of ether oxygens (including phenoxy) is 1. The van der Waals surface area contributed by atoms with E-state index in [9.17, 15) is 4.79 Å². The molecule has 4 nitrogen and oxygen atoms in total. The fourth-order valence-corrected chi connectivity index (χ4v) is 2.58. The summed E-state index contributed by atoms with van der Waals surface area (Å²) < 4.78 is 5.42. The van der Waals surface area contributed by atoms with Crippen molar-refractivity contribution in [2.75, 3.05) is 6.61 Å². The Balaban J connectivity index is 1.81. The van der Waals surface area contributed by atoms with Gasteiger partial charge in [-0.1, -0.05) is 25.8 Å². The van der Waals surface area contributed by atoms with Gasteiger partial charge in [-0.15, -0.1) is 0 Å². The summed E-state index contributed by atoms with van der Waals surface area (Å²) in [6, 6.07) is 9.15. The second-order valence-corrected chi connectivity index (χ2v) is 5.36. The molecule has 1 aliphatic carbocycles. The number of benzene rings is 1. The van der Waals surface area contributed by atoms with Crippen LogP contribution in [0.3, 0.4) is 0 Å². The van der Waals surface area contributed by atoms with Gasteiger partial charge in [0.05, 0.1) is 11.6 Å². The maximum atomic E-state index is 11.9. The van der Waals surface area contributed by atoms with Crippen LogP contribution in [-0.4, -0.2) is 18.6 Å². The van der Waals surface area contributed by atoms with E-state index in [4.69, 9.17) is 10.00 Å². The first-order valence-electron chi connectivity index (χ1n) is 7.11. The summed E-state index contributed by atoms with van der Waals surface area (Å²) in [6.45, 7) is 2.18. The van der Waals surface area contributed by atoms with Crippen molar-refractivity contribution in [3.05, 3.63) is 29.8 Å². The average molecular weight is 272 g/mol. The predicted octanol–water partition coefficient (Wildman–Crippen LogP) is 2.63. The highest BCUT2D eigenvalue weighted by Crippen LogP contribution is 2.23. The summed E-state index contributed by atoms with van der Waals surface area (Å²) in [6.07, 6.45) is 4.66. The van der Waals surface area contributed by atoms with Gasteiger partial charge in [-0.25, -0.2) is 0 Å². The molecule has 0 aliphatic heterocycles. The van der Waals surface area contributed by atoms with Crippen LogP contribution in [0.4, 0.5) is 0 Å². The van der Waals surface area contributed by atoms with E-state index in [1.807, 2.05) is 6.07 Å². The minimum absolute atomic E-state index is 0.00188. The zero-order chi connectivity index (χ0) is 14.4. The normalized spacial score (nSPS) is 21.8. The summed E-state index contributed by atoms with van der Waals surface area (Å²) in [7, 11) is 0. The second-order valence-electron chi connectivity index (χ2n) is 5.36. The Hall–Kier alpha value is -2.02. The third kappa shape index (κ3) is 3.99. The lowest BCUT2D eigenvalue weighted by molar-refractivity contribution is -0.124. The maximum Gasteiger partial charge on any atom is 0.258 e. The molecule has 1 saturated carbocycles. The third-order valence-electron chi connectivity index (χ3n) is 3.79. The number of carbonyl (C=O) groups excluding carboxylic acids is 1. The first kappa shape index (κ1) is 14.4. The molecule has 2 atom stereocenters. The molecule has 1 amide bonds. The van der Waals surface area contributed by atoms with Gasteiger partial charge in [-0.05, 0) is 37.0 Å². The van der Waals surface area contributed by atoms with E-state index >= 15 is 0 Å². The molecule has 106 valence electrons. The molecule has 0 bridgehead atoms. The van der Waals surface area contributed by atoms with Gasteiger partial charge in [0, 0.05) is 6.04 Å². The summed E-state index contributed by atoms with van der Waals surface area (Å²) in [5.41, 5.74) is 0.531. The first-order valence-corrected chi connectivity index (χ1v) is 7.11. The number of rotatable bonds is 4. The van der Waals surface area contributed by atoms with Gasteiger partial charge in [-0.2, -0.15) is 5.26 Å². The van der Waals surface area contributed by atoms with Gasteiger partial charge < -0.3 is 10.1 Å². The summed E-state index contributed by atoms with van der Waals surface area (Å²) >= 11 is 0. The smallest absolute Gasteiger partial charge is 0.258 e. The van der Waals surface area contributed by atoms with E-state index < -0.39 is 0 Å². The molecule has 2 rings (SSSR count). The van der Waals surface area contributed by atoms with Crippen molar-refractivity contribution >= 4 is 5.91 Å². The standard InChI is InChI=1S/C16H20N2O2/c1-12-5-2-3-8-15(12)18-16(19)11-20-14-7-4-6-13(9-14)10-17/h4,6-7,9,12,15H,2-3,5,8,11H2,1H3,(H,18,19)/t12-,15+/m1/s1. The maximum absolute atomic E-state index is 11.9. The minimum atomic E-state index is -0.0916. The number of amides is 1. The fraction of sp³-hybridized carbons (Fsp3) is 0.500. The second kappa shape index (κ2) is 6.95. The van der Waals surface area contributed by atoms with Gasteiger partial charge in [0.15, 0.2) is 6.61 Å². The molecular formula is C16H20N2O2. The van der Waals surface area contributed by atoms with Crippen LogP contribution in [0.15, 0.2) is 24.3 Å². The minimum Gasteiger partial charge on any atom is -0.484 e. The Morgan fingerprint density at radius 3 is 3.00 bits per heavy atom. The zero-order valence-corrected chi connectivity index (χ0v) is 11.8. The van der Waals surface area contributed by atoms with Gasteiger partial charge in [0.25, 0.3) is 5.91 Å². The largest absolute Gasteiger partial charge is 0.484 e. The Bertz CT molecular complexity index is 507. The molecular weight excluding hydrogens is 252 g/mol. The van der Waals surface area contributed by atoms with Gasteiger partial charge in [0.1, 0.15) is 5.75 Å². The zero-order valence-electron chi connectivity index (χ0n) is 11.8. The Morgan fingerprint density at radius 1 is 1.45 bits per heavy atom. The lowest BCUT2D eigenvalue weighted by atomic mass is 9.86. The molecule has 1 N–H and O–H groups in total. The van der Waals surface area contributed by atoms with E-state index in [0.29, 0.717) is 17.2 Å². The van der Waals surface area contributed by atoms with Crippen molar-refractivity contribution in [1.82, 2.24) is 5.32 Å². The van der Waals surface area contributed by atoms with Crippen molar-refractivity contribution in [2.45, 2.75) is 38.6 Å². The molecule has 1 aromatic rings. The quantitative estimate of drug-likeness (QED) is 0.916. The molecule has 1 aliphatic rings. The van der Waals surface area contributed by atoms with E-state index in [-0.39, 0.29) is 18.6 Å². The number of nitrogens with one attached hydrogen (secondary N) is 1. The Morgan fingerprint density at radius 2 is 2.25 bits per heavy atom. The van der Waals surface area contributed by atoms with Crippen LogP contribution >= 0.6 is 0 Å². The van der Waals surface area contributed by atoms with Crippen LogP contribution in [0.25, 0.3) is 0 Å². The van der Waals surface area contributed by atoms with E-state index in [2.05, 4.69) is 12.2 Å². The monoisotopic (exact) mass is 272 g/mol. The fourth-order valence-electron chi connectivity index (χ4n) is 2.58. The molecule has 1 fully saturated rings. The van der Waals surface area contributed by atoms with Crippen molar-refractivity contribution in [1.29, 1.82) is 5.26 Å². The predicted molar refractivity (Wildman–Crippen MR) is 76.2 cm³/mol. The first-order chi connectivity index (χ1) is 9.69. The van der Waals surface area contributed by atoms with Crippen LogP contribution in [0, 0.1) is 17.2 Å². The number of hydrogen-bond donors (Lipinski definition) is 1. The third-order valence-corrected chi connectivity index (χ3v) is 3.79. The topological polar surface area (TPSA) is 62.1 Å². The summed E-state index contributed by atoms with van der Waals surface area (Å²) in [4.78, 5) is 11.9. The van der Waals surface area contributed by atoms with Crippen molar-refractivity contribution < 1.29 is 9.53 Å². The molecule has 0 heterocycles. The van der Waals surface area contributed by atoms with Crippen molar-refractivity contribution in [2.24, 2.45) is 5.92 Å². The van der Waals surface area contributed by atoms with Gasteiger partial charge in [0.2, 0.25) is 0 Å². The molecule has 4 heteroatoms. The van der Waals surface area contributed by atoms with Gasteiger partial charge in [-0.3, -0.25) is 4.79 Å². The molecule has 0 aromatic heterocycles. The van der Waals surface area contributed by atoms with Crippen LogP contribution in [0.2, 0.25) is 0 Å². The van der Waals surface area contributed by atoms with Crippen LogP contribution < -0.4 is 10.1 Å². The lowest BCUT2D eigenvalue weighted by Crippen LogP contribution is -2.43. The highest BCUT2D eigenvalue weighted by molar-refractivity contribution is 5.77. The highest BCUT2D eigenvalue weighted by atomic mass is 16.5. The molecule has 0 spiro atoms. The number of nitriles is 1. The average Bonchev–Trinajstić information content (AvgIpc) is 2.48. The SMILES string of the molecule is C[C@@H]1CCCC[C@@H]1NC(=O)COc1cccc(C#N)c1. The number of nitrogens with zero attached hydrogens (tertiary/aromatic N) is 1. The van der Waals surface area contributed by atoms with E-state index in [1.165, 1.54) is 19.3 Å². The number of carbonyl (C=O) groups is 1. The lowest BCUT2D eigenvalue weighted by Gasteiger charge is -2.29. The van der Waals surface area contributed by atoms with Crippen molar-refractivity contribution in [3.63, 3.8) is 0 Å². The Labute approximate surface area is 119 Å². The van der Waals surface area contributed by atoms with Crippen LogP contribution in [0.1, 0.15) is 38.2 Å². The molecule has 0 saturated heterocycles. The molecule has 0 unspecified atom stereocenters. The molecule has 20 heavy (non-hydrogen) atoms. The van der Waals surface area contributed by atoms with Crippen molar-refractivity contribution in [3.8, 4) is 11.8 Å². The summed E-state index contributed by atoms with van der Waals surface area (Å²) in [5, 5.41) is 11.8. The molecule has 1 aromatic carbocycles. The molecule has 0 radical (unpaired) electrons. The Kier molecular flexibility index (Phi) is 5.00.